The molecule has 6 rings (SSSR count). The summed E-state index contributed by atoms with van der Waals surface area (Å²) in [5, 5.41) is 10.9. The van der Waals surface area contributed by atoms with Gasteiger partial charge in [0.25, 0.3) is 0 Å². The maximum absolute atomic E-state index is 12.3. The van der Waals surface area contributed by atoms with Crippen LogP contribution in [0, 0.1) is 5.92 Å². The Morgan fingerprint density at radius 3 is 2.70 bits per heavy atom. The molecule has 0 radical (unpaired) electrons. The number of aryl methyl sites for hydroxylation is 1. The third-order valence-electron chi connectivity index (χ3n) is 7.50. The standard InChI is InChI=1S/C24H33N5O/c1-28-23(14-22(27-28)17-7-5-6-8-17)21-16-29-12-11-18(21)13-20(29)15-25-24(30)26-19-9-3-2-4-10-19/h2-4,9-10,14,17-18,20-21H,5-8,11-13,15-16H2,1H3,(H2,25,26,30). The number of para-hydroxylation sites is 1. The molecule has 1 aromatic carbocycles. The lowest BCUT2D eigenvalue weighted by Crippen LogP contribution is -2.56. The van der Waals surface area contributed by atoms with E-state index >= 15 is 0 Å². The summed E-state index contributed by atoms with van der Waals surface area (Å²) in [5.41, 5.74) is 3.56. The van der Waals surface area contributed by atoms with Gasteiger partial charge in [0.05, 0.1) is 5.69 Å². The van der Waals surface area contributed by atoms with Crippen molar-refractivity contribution in [1.82, 2.24) is 20.0 Å². The highest BCUT2D eigenvalue weighted by Gasteiger charge is 2.42. The number of piperidine rings is 3. The first-order valence-electron chi connectivity index (χ1n) is 11.5. The fourth-order valence-electron chi connectivity index (χ4n) is 5.87. The first kappa shape index (κ1) is 19.6. The Bertz CT molecular complexity index is 873. The molecule has 2 amide bonds. The van der Waals surface area contributed by atoms with Crippen molar-refractivity contribution in [3.8, 4) is 0 Å². The molecule has 2 N–H and O–H groups in total. The number of nitrogens with zero attached hydrogens (tertiary/aromatic N) is 3. The summed E-state index contributed by atoms with van der Waals surface area (Å²) in [5.74, 6) is 1.93. The van der Waals surface area contributed by atoms with Crippen LogP contribution in [0.4, 0.5) is 10.5 Å². The Hall–Kier alpha value is -2.34. The lowest BCUT2D eigenvalue weighted by molar-refractivity contribution is 0.0296. The number of fused-ring (bicyclic) bond motifs is 3. The summed E-state index contributed by atoms with van der Waals surface area (Å²) in [6.45, 7) is 2.93. The van der Waals surface area contributed by atoms with Gasteiger partial charge in [0.1, 0.15) is 0 Å². The number of urea groups is 1. The number of carbonyl (C=O) groups is 1. The highest BCUT2D eigenvalue weighted by Crippen LogP contribution is 2.43. The van der Waals surface area contributed by atoms with E-state index in [-0.39, 0.29) is 6.03 Å². The average molecular weight is 408 g/mol. The molecule has 2 aromatic rings. The average Bonchev–Trinajstić information content (AvgIpc) is 3.43. The van der Waals surface area contributed by atoms with E-state index in [0.29, 0.717) is 30.3 Å². The van der Waals surface area contributed by atoms with Crippen molar-refractivity contribution in [1.29, 1.82) is 0 Å². The molecule has 160 valence electrons. The van der Waals surface area contributed by atoms with Crippen LogP contribution in [0.3, 0.4) is 0 Å². The Balaban J connectivity index is 1.19. The van der Waals surface area contributed by atoms with Gasteiger partial charge in [-0.25, -0.2) is 4.79 Å². The van der Waals surface area contributed by atoms with Crippen LogP contribution in [0.25, 0.3) is 0 Å². The van der Waals surface area contributed by atoms with E-state index in [2.05, 4.69) is 33.3 Å². The van der Waals surface area contributed by atoms with Crippen molar-refractivity contribution in [2.24, 2.45) is 13.0 Å². The fourth-order valence-corrected chi connectivity index (χ4v) is 5.87. The fraction of sp³-hybridized carbons (Fsp3) is 0.583. The molecule has 4 heterocycles. The van der Waals surface area contributed by atoms with E-state index in [1.165, 1.54) is 43.5 Å². The van der Waals surface area contributed by atoms with Crippen molar-refractivity contribution in [3.63, 3.8) is 0 Å². The van der Waals surface area contributed by atoms with Crippen molar-refractivity contribution in [3.05, 3.63) is 47.8 Å². The molecule has 1 aliphatic carbocycles. The van der Waals surface area contributed by atoms with E-state index < -0.39 is 0 Å². The smallest absolute Gasteiger partial charge is 0.319 e. The number of aromatic nitrogens is 2. The summed E-state index contributed by atoms with van der Waals surface area (Å²) >= 11 is 0. The molecule has 3 saturated heterocycles. The SMILES string of the molecule is Cn1nc(C2CCCC2)cc1C1CN2CCC1CC2CNC(=O)Nc1ccccc1. The second kappa shape index (κ2) is 8.42. The van der Waals surface area contributed by atoms with Crippen LogP contribution < -0.4 is 10.6 Å². The van der Waals surface area contributed by atoms with Crippen LogP contribution in [-0.2, 0) is 7.05 Å². The van der Waals surface area contributed by atoms with Gasteiger partial charge in [0.2, 0.25) is 0 Å². The quantitative estimate of drug-likeness (QED) is 0.785. The number of amides is 2. The van der Waals surface area contributed by atoms with Crippen LogP contribution in [-0.4, -0.2) is 46.4 Å². The molecule has 4 atom stereocenters. The number of anilines is 1. The number of nitrogens with one attached hydrogen (secondary N) is 2. The second-order valence-corrected chi connectivity index (χ2v) is 9.34. The van der Waals surface area contributed by atoms with Crippen LogP contribution in [0.15, 0.2) is 36.4 Å². The van der Waals surface area contributed by atoms with E-state index in [1.54, 1.807) is 0 Å². The lowest BCUT2D eigenvalue weighted by Gasteiger charge is -2.49. The Kier molecular flexibility index (Phi) is 5.50. The molecule has 0 spiro atoms. The number of rotatable bonds is 5. The predicted molar refractivity (Wildman–Crippen MR) is 119 cm³/mol. The maximum Gasteiger partial charge on any atom is 0.319 e. The van der Waals surface area contributed by atoms with Gasteiger partial charge in [0.15, 0.2) is 0 Å². The molecule has 4 unspecified atom stereocenters. The summed E-state index contributed by atoms with van der Waals surface area (Å²) in [6, 6.07) is 12.3. The number of hydrogen-bond acceptors (Lipinski definition) is 3. The minimum Gasteiger partial charge on any atom is -0.336 e. The van der Waals surface area contributed by atoms with E-state index in [0.717, 1.165) is 25.2 Å². The molecule has 1 aromatic heterocycles. The van der Waals surface area contributed by atoms with Gasteiger partial charge in [-0.05, 0) is 56.3 Å². The molecule has 3 aliphatic heterocycles. The van der Waals surface area contributed by atoms with E-state index in [1.807, 2.05) is 30.3 Å². The van der Waals surface area contributed by atoms with Gasteiger partial charge >= 0.3 is 6.03 Å². The van der Waals surface area contributed by atoms with Crippen LogP contribution in [0.1, 0.15) is 61.7 Å². The largest absolute Gasteiger partial charge is 0.336 e. The van der Waals surface area contributed by atoms with Crippen LogP contribution in [0.2, 0.25) is 0 Å². The summed E-state index contributed by atoms with van der Waals surface area (Å²) < 4.78 is 2.15. The van der Waals surface area contributed by atoms with Gasteiger partial charge in [-0.3, -0.25) is 9.58 Å². The summed E-state index contributed by atoms with van der Waals surface area (Å²) in [7, 11) is 2.12. The predicted octanol–water partition coefficient (Wildman–Crippen LogP) is 4.08. The molecule has 30 heavy (non-hydrogen) atoms. The normalized spacial score (nSPS) is 28.6. The summed E-state index contributed by atoms with van der Waals surface area (Å²) in [4.78, 5) is 14.8. The van der Waals surface area contributed by atoms with E-state index in [9.17, 15) is 4.79 Å². The van der Waals surface area contributed by atoms with Gasteiger partial charge < -0.3 is 10.6 Å². The van der Waals surface area contributed by atoms with Gasteiger partial charge in [0, 0.05) is 49.4 Å². The number of carbonyl (C=O) groups excluding carboxylic acids is 1. The zero-order chi connectivity index (χ0) is 20.5. The summed E-state index contributed by atoms with van der Waals surface area (Å²) in [6.07, 6.45) is 7.71. The third-order valence-corrected chi connectivity index (χ3v) is 7.50. The zero-order valence-electron chi connectivity index (χ0n) is 17.9. The minimum absolute atomic E-state index is 0.117. The number of benzene rings is 1. The molecule has 4 aliphatic rings. The molecule has 6 nitrogen and oxygen atoms in total. The van der Waals surface area contributed by atoms with Crippen LogP contribution >= 0.6 is 0 Å². The topological polar surface area (TPSA) is 62.2 Å². The Morgan fingerprint density at radius 2 is 1.97 bits per heavy atom. The molecule has 1 saturated carbocycles. The highest BCUT2D eigenvalue weighted by molar-refractivity contribution is 5.89. The minimum atomic E-state index is -0.117. The maximum atomic E-state index is 12.3. The molecular formula is C24H33N5O. The highest BCUT2D eigenvalue weighted by atomic mass is 16.2. The first-order chi connectivity index (χ1) is 14.7. The van der Waals surface area contributed by atoms with Gasteiger partial charge in [-0.15, -0.1) is 0 Å². The Morgan fingerprint density at radius 1 is 1.17 bits per heavy atom. The molecular weight excluding hydrogens is 374 g/mol. The molecule has 4 fully saturated rings. The third kappa shape index (κ3) is 3.97. The number of hydrogen-bond donors (Lipinski definition) is 2. The van der Waals surface area contributed by atoms with Gasteiger partial charge in [-0.2, -0.15) is 5.10 Å². The first-order valence-corrected chi connectivity index (χ1v) is 11.5. The monoisotopic (exact) mass is 407 g/mol. The van der Waals surface area contributed by atoms with Crippen LogP contribution in [0.5, 0.6) is 0 Å². The van der Waals surface area contributed by atoms with Crippen molar-refractivity contribution >= 4 is 11.7 Å². The van der Waals surface area contributed by atoms with Gasteiger partial charge in [-0.1, -0.05) is 31.0 Å². The second-order valence-electron chi connectivity index (χ2n) is 9.34. The zero-order valence-corrected chi connectivity index (χ0v) is 17.9. The lowest BCUT2D eigenvalue weighted by atomic mass is 9.74. The van der Waals surface area contributed by atoms with Crippen molar-refractivity contribution in [2.75, 3.05) is 25.0 Å². The molecule has 2 bridgehead atoms. The van der Waals surface area contributed by atoms with Crippen molar-refractivity contribution in [2.45, 2.75) is 56.4 Å². The Labute approximate surface area is 179 Å². The van der Waals surface area contributed by atoms with E-state index in [4.69, 9.17) is 5.10 Å². The molecule has 6 heteroatoms. The van der Waals surface area contributed by atoms with Crippen molar-refractivity contribution < 1.29 is 4.79 Å².